The molecule has 110 valence electrons. The number of hydrogen-bond donors (Lipinski definition) is 3. The molecule has 0 unspecified atom stereocenters. The highest BCUT2D eigenvalue weighted by Crippen LogP contribution is 2.26. The first-order valence-corrected chi connectivity index (χ1v) is 6.66. The van der Waals surface area contributed by atoms with Crippen LogP contribution in [-0.2, 0) is 9.53 Å². The van der Waals surface area contributed by atoms with Gasteiger partial charge in [0.2, 0.25) is 9.50 Å². The third-order valence-electron chi connectivity index (χ3n) is 1.63. The first-order valence-electron chi connectivity index (χ1n) is 4.64. The Kier molecular flexibility index (Phi) is 5.81. The van der Waals surface area contributed by atoms with E-state index in [9.17, 15) is 9.59 Å². The van der Waals surface area contributed by atoms with E-state index >= 15 is 0 Å². The summed E-state index contributed by atoms with van der Waals surface area (Å²) < 4.78 is 2.83. The number of carbonyl (C=O) groups is 2. The quantitative estimate of drug-likeness (QED) is 0.327. The normalized spacial score (nSPS) is 12.1. The number of ether oxygens (including phenoxy) is 1. The smallest absolute Gasteiger partial charge is 0.413 e. The minimum atomic E-state index is -1.74. The molecule has 0 aliphatic heterocycles. The van der Waals surface area contributed by atoms with E-state index in [0.29, 0.717) is 0 Å². The molecule has 0 aromatic carbocycles. The number of carbonyl (C=O) groups excluding carboxylic acids is 1. The number of thiazole rings is 1. The Hall–Kier alpha value is -1.29. The van der Waals surface area contributed by atoms with E-state index in [1.54, 1.807) is 0 Å². The van der Waals surface area contributed by atoms with Crippen LogP contribution in [0.3, 0.4) is 0 Å². The van der Waals surface area contributed by atoms with Crippen LogP contribution in [0.2, 0.25) is 0 Å². The molecule has 1 aromatic rings. The van der Waals surface area contributed by atoms with Crippen LogP contribution in [0.15, 0.2) is 10.5 Å². The minimum Gasteiger partial charge on any atom is -0.476 e. The Bertz CT molecular complexity index is 542. The van der Waals surface area contributed by atoms with Crippen LogP contribution in [0.1, 0.15) is 5.69 Å². The molecule has 20 heavy (non-hydrogen) atoms. The molecule has 1 aromatic heterocycles. The van der Waals surface area contributed by atoms with E-state index in [4.69, 9.17) is 45.1 Å². The van der Waals surface area contributed by atoms with Gasteiger partial charge in [0.05, 0.1) is 0 Å². The standard InChI is InChI=1S/C8H6Cl3N3O5S/c9-8(10,11)2-19-7(17)13-6-12-3(1-20-6)4(14-18)5(15)16/h1,18H,2H2,(H,15,16)(H,12,13,17)/b14-4+. The highest BCUT2D eigenvalue weighted by Gasteiger charge is 2.23. The lowest BCUT2D eigenvalue weighted by Crippen LogP contribution is -2.21. The van der Waals surface area contributed by atoms with Gasteiger partial charge >= 0.3 is 12.1 Å². The fraction of sp³-hybridized carbons (Fsp3) is 0.250. The van der Waals surface area contributed by atoms with Crippen LogP contribution in [-0.4, -0.2) is 43.5 Å². The number of aliphatic carboxylic acids is 1. The molecule has 0 aliphatic carbocycles. The van der Waals surface area contributed by atoms with Crippen molar-refractivity contribution in [3.8, 4) is 0 Å². The highest BCUT2D eigenvalue weighted by atomic mass is 35.6. The molecule has 1 rings (SSSR count). The predicted octanol–water partition coefficient (Wildman–Crippen LogP) is 2.32. The molecular weight excluding hydrogens is 357 g/mol. The molecule has 3 N–H and O–H groups in total. The molecule has 0 bridgehead atoms. The Labute approximate surface area is 130 Å². The van der Waals surface area contributed by atoms with Gasteiger partial charge in [0.25, 0.3) is 0 Å². The number of alkyl halides is 3. The summed E-state index contributed by atoms with van der Waals surface area (Å²) in [5.41, 5.74) is -0.786. The molecule has 0 radical (unpaired) electrons. The number of nitrogens with one attached hydrogen (secondary N) is 1. The molecule has 0 saturated carbocycles. The van der Waals surface area contributed by atoms with Crippen molar-refractivity contribution in [1.82, 2.24) is 4.98 Å². The summed E-state index contributed by atoms with van der Waals surface area (Å²) in [5, 5.41) is 23.3. The van der Waals surface area contributed by atoms with Crippen LogP contribution in [0.25, 0.3) is 0 Å². The van der Waals surface area contributed by atoms with Gasteiger partial charge in [-0.05, 0) is 0 Å². The van der Waals surface area contributed by atoms with Gasteiger partial charge in [-0.15, -0.1) is 11.3 Å². The number of aromatic nitrogens is 1. The van der Waals surface area contributed by atoms with Crippen LogP contribution < -0.4 is 5.32 Å². The third kappa shape index (κ3) is 5.37. The molecule has 1 heterocycles. The molecular formula is C8H6Cl3N3O5S. The zero-order valence-electron chi connectivity index (χ0n) is 9.34. The predicted molar refractivity (Wildman–Crippen MR) is 73.3 cm³/mol. The van der Waals surface area contributed by atoms with E-state index in [-0.39, 0.29) is 10.8 Å². The lowest BCUT2D eigenvalue weighted by molar-refractivity contribution is -0.129. The Morgan fingerprint density at radius 3 is 2.65 bits per heavy atom. The number of carboxylic acids is 1. The van der Waals surface area contributed by atoms with Gasteiger partial charge in [-0.1, -0.05) is 40.0 Å². The van der Waals surface area contributed by atoms with Crippen LogP contribution in [0, 0.1) is 0 Å². The van der Waals surface area contributed by atoms with E-state index in [1.807, 2.05) is 0 Å². The van der Waals surface area contributed by atoms with Crippen molar-refractivity contribution >= 4 is 69.0 Å². The monoisotopic (exact) mass is 361 g/mol. The minimum absolute atomic E-state index is 0.0247. The molecule has 0 aliphatic rings. The maximum absolute atomic E-state index is 11.3. The van der Waals surface area contributed by atoms with Crippen molar-refractivity contribution in [2.24, 2.45) is 5.16 Å². The van der Waals surface area contributed by atoms with Gasteiger partial charge in [-0.2, -0.15) is 0 Å². The number of nitrogens with zero attached hydrogens (tertiary/aromatic N) is 2. The summed E-state index contributed by atoms with van der Waals surface area (Å²) in [4.78, 5) is 25.7. The van der Waals surface area contributed by atoms with Crippen molar-refractivity contribution in [2.45, 2.75) is 3.79 Å². The van der Waals surface area contributed by atoms with Gasteiger partial charge < -0.3 is 15.1 Å². The maximum atomic E-state index is 11.3. The second-order valence-electron chi connectivity index (χ2n) is 3.11. The number of halogens is 3. The summed E-state index contributed by atoms with van der Waals surface area (Å²) in [5.74, 6) is -1.47. The summed E-state index contributed by atoms with van der Waals surface area (Å²) in [7, 11) is 0. The molecule has 1 amide bonds. The van der Waals surface area contributed by atoms with Crippen LogP contribution in [0.4, 0.5) is 9.93 Å². The Morgan fingerprint density at radius 1 is 1.50 bits per heavy atom. The Balaban J connectivity index is 2.65. The average Bonchev–Trinajstić information content (AvgIpc) is 2.74. The maximum Gasteiger partial charge on any atom is 0.413 e. The fourth-order valence-corrected chi connectivity index (χ4v) is 1.76. The van der Waals surface area contributed by atoms with Gasteiger partial charge in [0, 0.05) is 5.38 Å². The third-order valence-corrected chi connectivity index (χ3v) is 2.71. The van der Waals surface area contributed by atoms with Crippen molar-refractivity contribution in [3.05, 3.63) is 11.1 Å². The van der Waals surface area contributed by atoms with Crippen LogP contribution >= 0.6 is 46.1 Å². The number of hydrogen-bond acceptors (Lipinski definition) is 7. The van der Waals surface area contributed by atoms with Gasteiger partial charge in [-0.25, -0.2) is 14.6 Å². The number of rotatable bonds is 4. The molecule has 0 fully saturated rings. The molecule has 8 nitrogen and oxygen atoms in total. The zero-order valence-corrected chi connectivity index (χ0v) is 12.4. The lowest BCUT2D eigenvalue weighted by atomic mass is 10.3. The van der Waals surface area contributed by atoms with Gasteiger partial charge in [0.15, 0.2) is 5.13 Å². The number of anilines is 1. The highest BCUT2D eigenvalue weighted by molar-refractivity contribution is 7.14. The lowest BCUT2D eigenvalue weighted by Gasteiger charge is -2.10. The van der Waals surface area contributed by atoms with E-state index in [0.717, 1.165) is 11.3 Å². The first-order chi connectivity index (χ1) is 9.23. The summed E-state index contributed by atoms with van der Waals surface area (Å²) in [6.07, 6.45) is -0.935. The summed E-state index contributed by atoms with van der Waals surface area (Å²) >= 11 is 17.0. The first kappa shape index (κ1) is 16.8. The molecule has 0 atom stereocenters. The van der Waals surface area contributed by atoms with Crippen molar-refractivity contribution < 1.29 is 24.6 Å². The van der Waals surface area contributed by atoms with Crippen molar-refractivity contribution in [3.63, 3.8) is 0 Å². The molecule has 12 heteroatoms. The summed E-state index contributed by atoms with van der Waals surface area (Å²) in [6, 6.07) is 0. The number of carboxylic acid groups (broad SMARTS) is 1. The molecule has 0 spiro atoms. The van der Waals surface area contributed by atoms with Crippen molar-refractivity contribution in [1.29, 1.82) is 0 Å². The van der Waals surface area contributed by atoms with Gasteiger partial charge in [-0.3, -0.25) is 5.32 Å². The molecule has 0 saturated heterocycles. The van der Waals surface area contributed by atoms with E-state index < -0.39 is 28.2 Å². The average molecular weight is 363 g/mol. The van der Waals surface area contributed by atoms with E-state index in [1.165, 1.54) is 5.38 Å². The zero-order chi connectivity index (χ0) is 15.3. The second-order valence-corrected chi connectivity index (χ2v) is 6.48. The Morgan fingerprint density at radius 2 is 2.15 bits per heavy atom. The van der Waals surface area contributed by atoms with Crippen molar-refractivity contribution in [2.75, 3.05) is 11.9 Å². The number of oxime groups is 1. The largest absolute Gasteiger partial charge is 0.476 e. The van der Waals surface area contributed by atoms with E-state index in [2.05, 4.69) is 20.2 Å². The second kappa shape index (κ2) is 6.93. The summed E-state index contributed by atoms with van der Waals surface area (Å²) in [6.45, 7) is -0.472. The fourth-order valence-electron chi connectivity index (χ4n) is 0.914. The van der Waals surface area contributed by atoms with Crippen LogP contribution in [0.5, 0.6) is 0 Å². The van der Waals surface area contributed by atoms with Gasteiger partial charge in [0.1, 0.15) is 12.3 Å². The SMILES string of the molecule is O=C(Nc1nc(/C(=N\O)C(=O)O)cs1)OCC(Cl)(Cl)Cl. The number of amides is 1. The topological polar surface area (TPSA) is 121 Å².